The molecule has 1 aliphatic carbocycles. The minimum absolute atomic E-state index is 0.421. The smallest absolute Gasteiger partial charge is 0.142 e. The van der Waals surface area contributed by atoms with Gasteiger partial charge in [0.25, 0.3) is 0 Å². The van der Waals surface area contributed by atoms with Crippen molar-refractivity contribution in [3.05, 3.63) is 41.7 Å². The average molecular weight is 317 g/mol. The Bertz CT molecular complexity index is 580. The van der Waals surface area contributed by atoms with E-state index in [1.807, 2.05) is 25.3 Å². The molecule has 110 valence electrons. The molecule has 1 aromatic heterocycles. The van der Waals surface area contributed by atoms with Crippen molar-refractivity contribution in [1.29, 1.82) is 0 Å². The predicted octanol–water partition coefficient (Wildman–Crippen LogP) is 4.17. The predicted molar refractivity (Wildman–Crippen MR) is 94.0 cm³/mol. The Labute approximate surface area is 136 Å². The van der Waals surface area contributed by atoms with Gasteiger partial charge in [0.15, 0.2) is 0 Å². The highest BCUT2D eigenvalue weighted by Crippen LogP contribution is 2.45. The lowest BCUT2D eigenvalue weighted by molar-refractivity contribution is -0.104. The zero-order valence-corrected chi connectivity index (χ0v) is 13.8. The van der Waals surface area contributed by atoms with Crippen molar-refractivity contribution in [2.45, 2.75) is 44.4 Å². The molecule has 0 saturated heterocycles. The fourth-order valence-electron chi connectivity index (χ4n) is 3.12. The molecule has 2 nitrogen and oxygen atoms in total. The molecule has 21 heavy (non-hydrogen) atoms. The molecule has 0 radical (unpaired) electrons. The van der Waals surface area contributed by atoms with E-state index in [1.165, 1.54) is 0 Å². The first kappa shape index (κ1) is 16.1. The van der Waals surface area contributed by atoms with E-state index in [2.05, 4.69) is 4.98 Å². The second-order valence-electron chi connectivity index (χ2n) is 5.29. The first-order chi connectivity index (χ1) is 10.2. The van der Waals surface area contributed by atoms with E-state index in [4.69, 9.17) is 24.4 Å². The molecule has 0 aliphatic heterocycles. The molecule has 0 amide bonds. The number of thiocarbonyl (C=S) groups is 2. The Kier molecular flexibility index (Phi) is 5.48. The molecule has 4 heteroatoms. The Morgan fingerprint density at radius 3 is 2.86 bits per heavy atom. The third-order valence-corrected chi connectivity index (χ3v) is 5.40. The minimum Gasteiger partial charge on any atom is -0.299 e. The highest BCUT2D eigenvalue weighted by atomic mass is 32.1. The number of hydrogen-bond acceptors (Lipinski definition) is 4. The minimum atomic E-state index is -0.421. The van der Waals surface area contributed by atoms with Crippen molar-refractivity contribution in [1.82, 2.24) is 4.98 Å². The quantitative estimate of drug-likeness (QED) is 0.463. The molecule has 0 bridgehead atoms. The number of aromatic nitrogens is 1. The van der Waals surface area contributed by atoms with E-state index >= 15 is 0 Å². The van der Waals surface area contributed by atoms with Gasteiger partial charge >= 0.3 is 0 Å². The second-order valence-corrected chi connectivity index (χ2v) is 6.19. The van der Waals surface area contributed by atoms with Crippen molar-refractivity contribution in [2.24, 2.45) is 0 Å². The van der Waals surface area contributed by atoms with Gasteiger partial charge in [0.1, 0.15) is 6.29 Å². The van der Waals surface area contributed by atoms with Crippen LogP contribution in [0, 0.1) is 0 Å². The summed E-state index contributed by atoms with van der Waals surface area (Å²) in [5.74, 6) is 0. The summed E-state index contributed by atoms with van der Waals surface area (Å²) in [6.07, 6.45) is 10.9. The van der Waals surface area contributed by atoms with E-state index in [-0.39, 0.29) is 0 Å². The van der Waals surface area contributed by atoms with Crippen LogP contribution in [0.5, 0.6) is 0 Å². The first-order valence-electron chi connectivity index (χ1n) is 7.29. The van der Waals surface area contributed by atoms with Crippen molar-refractivity contribution >= 4 is 40.5 Å². The van der Waals surface area contributed by atoms with Gasteiger partial charge in [0.2, 0.25) is 0 Å². The van der Waals surface area contributed by atoms with Gasteiger partial charge in [-0.3, -0.25) is 9.78 Å². The zero-order chi connectivity index (χ0) is 15.3. The molecule has 0 aromatic carbocycles. The van der Waals surface area contributed by atoms with Gasteiger partial charge in [0, 0.05) is 22.1 Å². The van der Waals surface area contributed by atoms with Crippen LogP contribution in [-0.4, -0.2) is 21.0 Å². The summed E-state index contributed by atoms with van der Waals surface area (Å²) in [7, 11) is 0. The van der Waals surface area contributed by atoms with Crippen molar-refractivity contribution in [2.75, 3.05) is 0 Å². The number of rotatable bonds is 5. The summed E-state index contributed by atoms with van der Waals surface area (Å²) in [6, 6.07) is 3.96. The van der Waals surface area contributed by atoms with E-state index in [1.54, 1.807) is 12.3 Å². The summed E-state index contributed by atoms with van der Waals surface area (Å²) in [5, 5.41) is 0. The maximum Gasteiger partial charge on any atom is 0.142 e. The molecule has 2 rings (SSSR count). The molecular weight excluding hydrogens is 298 g/mol. The van der Waals surface area contributed by atoms with Crippen molar-refractivity contribution < 1.29 is 4.79 Å². The highest BCUT2D eigenvalue weighted by molar-refractivity contribution is 7.89. The average Bonchev–Trinajstić information content (AvgIpc) is 2.55. The summed E-state index contributed by atoms with van der Waals surface area (Å²) in [6.45, 7) is 2.03. The Balaban J connectivity index is 2.63. The number of hydrogen-bond donors (Lipinski definition) is 0. The fraction of sp³-hybridized carbons (Fsp3) is 0.412. The standard InChI is InChI=1S/C17H19NOS2/c1-2-15(20)16(21)17(14-7-5-10-18-12-14)9-4-3-6-13(17)8-11-19/h5,7-8,10-12H,2-4,6,9H2,1H3. The molecule has 0 N–H and O–H groups in total. The monoisotopic (exact) mass is 317 g/mol. The molecule has 1 aliphatic rings. The van der Waals surface area contributed by atoms with Crippen molar-refractivity contribution in [3.63, 3.8) is 0 Å². The van der Waals surface area contributed by atoms with Gasteiger partial charge < -0.3 is 0 Å². The third-order valence-electron chi connectivity index (χ3n) is 4.18. The molecule has 1 saturated carbocycles. The molecule has 1 unspecified atom stereocenters. The van der Waals surface area contributed by atoms with Gasteiger partial charge in [-0.25, -0.2) is 0 Å². The lowest BCUT2D eigenvalue weighted by atomic mass is 9.63. The lowest BCUT2D eigenvalue weighted by Gasteiger charge is -2.41. The number of allylic oxidation sites excluding steroid dienone is 2. The summed E-state index contributed by atoms with van der Waals surface area (Å²) >= 11 is 11.2. The van der Waals surface area contributed by atoms with Crippen LogP contribution in [0.3, 0.4) is 0 Å². The van der Waals surface area contributed by atoms with E-state index in [0.29, 0.717) is 0 Å². The van der Waals surface area contributed by atoms with Crippen LogP contribution >= 0.6 is 24.4 Å². The first-order valence-corrected chi connectivity index (χ1v) is 8.11. The molecular formula is C17H19NOS2. The van der Waals surface area contributed by atoms with Crippen LogP contribution in [0.25, 0.3) is 0 Å². The maximum absolute atomic E-state index is 11.1. The second kappa shape index (κ2) is 7.14. The Morgan fingerprint density at radius 1 is 1.43 bits per heavy atom. The number of carbonyl (C=O) groups excluding carboxylic acids is 1. The van der Waals surface area contributed by atoms with Gasteiger partial charge in [-0.2, -0.15) is 0 Å². The number of aldehydes is 1. The molecule has 1 atom stereocenters. The molecule has 1 heterocycles. The molecule has 1 fully saturated rings. The van der Waals surface area contributed by atoms with Crippen LogP contribution < -0.4 is 0 Å². The van der Waals surface area contributed by atoms with Gasteiger partial charge in [-0.1, -0.05) is 49.4 Å². The molecule has 0 spiro atoms. The van der Waals surface area contributed by atoms with E-state index in [0.717, 1.165) is 59.3 Å². The number of pyridine rings is 1. The topological polar surface area (TPSA) is 30.0 Å². The number of carbonyl (C=O) groups is 1. The van der Waals surface area contributed by atoms with Crippen LogP contribution in [0.1, 0.15) is 44.6 Å². The number of nitrogens with zero attached hydrogens (tertiary/aromatic N) is 1. The van der Waals surface area contributed by atoms with Crippen LogP contribution in [0.15, 0.2) is 36.2 Å². The lowest BCUT2D eigenvalue weighted by Crippen LogP contribution is -2.42. The van der Waals surface area contributed by atoms with Gasteiger partial charge in [0.05, 0.1) is 5.41 Å². The van der Waals surface area contributed by atoms with Crippen LogP contribution in [0.4, 0.5) is 0 Å². The van der Waals surface area contributed by atoms with Crippen LogP contribution in [0.2, 0.25) is 0 Å². The fourth-order valence-corrected chi connectivity index (χ4v) is 3.79. The van der Waals surface area contributed by atoms with Gasteiger partial charge in [-0.05, 0) is 43.4 Å². The Morgan fingerprint density at radius 2 is 2.24 bits per heavy atom. The highest BCUT2D eigenvalue weighted by Gasteiger charge is 2.42. The normalized spacial score (nSPS) is 23.8. The maximum atomic E-state index is 11.1. The van der Waals surface area contributed by atoms with Crippen LogP contribution in [-0.2, 0) is 10.2 Å². The SMILES string of the molecule is CCC(=S)C(=S)C1(c2cccnc2)CCCCC1=CC=O. The zero-order valence-electron chi connectivity index (χ0n) is 12.2. The van der Waals surface area contributed by atoms with E-state index < -0.39 is 5.41 Å². The Hall–Kier alpha value is -1.26. The third kappa shape index (κ3) is 3.01. The van der Waals surface area contributed by atoms with Gasteiger partial charge in [-0.15, -0.1) is 0 Å². The van der Waals surface area contributed by atoms with E-state index in [9.17, 15) is 4.79 Å². The largest absolute Gasteiger partial charge is 0.299 e. The summed E-state index contributed by atoms with van der Waals surface area (Å²) in [4.78, 5) is 16.9. The summed E-state index contributed by atoms with van der Waals surface area (Å²) < 4.78 is 0. The van der Waals surface area contributed by atoms with Crippen molar-refractivity contribution in [3.8, 4) is 0 Å². The summed E-state index contributed by atoms with van der Waals surface area (Å²) in [5.41, 5.74) is 1.71. The molecule has 1 aromatic rings.